The number of aromatic amines is 1. The maximum Gasteiger partial charge on any atom is 0.222 e. The van der Waals surface area contributed by atoms with Gasteiger partial charge in [-0.25, -0.2) is 0 Å². The van der Waals surface area contributed by atoms with E-state index in [9.17, 15) is 4.79 Å². The lowest BCUT2D eigenvalue weighted by atomic mass is 10.1. The summed E-state index contributed by atoms with van der Waals surface area (Å²) in [5.41, 5.74) is 4.40. The normalized spacial score (nSPS) is 10.6. The fourth-order valence-electron chi connectivity index (χ4n) is 2.34. The molecule has 1 amide bonds. The van der Waals surface area contributed by atoms with Crippen LogP contribution in [0, 0.1) is 13.8 Å². The quantitative estimate of drug-likeness (QED) is 0.884. The maximum atomic E-state index is 12.2. The van der Waals surface area contributed by atoms with Gasteiger partial charge in [0.2, 0.25) is 5.91 Å². The van der Waals surface area contributed by atoms with Crippen molar-refractivity contribution in [3.8, 4) is 0 Å². The van der Waals surface area contributed by atoms with Crippen molar-refractivity contribution in [3.63, 3.8) is 0 Å². The lowest BCUT2D eigenvalue weighted by molar-refractivity contribution is -0.129. The third-order valence-electron chi connectivity index (χ3n) is 3.78. The van der Waals surface area contributed by atoms with E-state index in [1.807, 2.05) is 33.0 Å². The molecule has 0 atom stereocenters. The van der Waals surface area contributed by atoms with Crippen molar-refractivity contribution in [1.29, 1.82) is 0 Å². The number of nitrogens with zero attached hydrogens (tertiary/aromatic N) is 3. The van der Waals surface area contributed by atoms with Crippen LogP contribution in [-0.2, 0) is 17.6 Å². The minimum atomic E-state index is 0.170. The number of carbonyl (C=O) groups excluding carboxylic acids is 1. The zero-order valence-electron chi connectivity index (χ0n) is 12.9. The van der Waals surface area contributed by atoms with E-state index in [0.29, 0.717) is 6.42 Å². The number of likely N-dealkylation sites (N-methyl/N-ethyl adjacent to an activating group) is 1. The van der Waals surface area contributed by atoms with Crippen molar-refractivity contribution >= 4 is 5.91 Å². The van der Waals surface area contributed by atoms with Crippen molar-refractivity contribution in [1.82, 2.24) is 20.1 Å². The molecule has 0 aliphatic rings. The third kappa shape index (κ3) is 4.15. The Labute approximate surface area is 125 Å². The summed E-state index contributed by atoms with van der Waals surface area (Å²) < 4.78 is 0. The summed E-state index contributed by atoms with van der Waals surface area (Å²) in [5, 5.41) is 7.11. The van der Waals surface area contributed by atoms with Gasteiger partial charge in [0.15, 0.2) is 0 Å². The highest BCUT2D eigenvalue weighted by atomic mass is 16.2. The van der Waals surface area contributed by atoms with Gasteiger partial charge in [0.25, 0.3) is 0 Å². The molecule has 5 heteroatoms. The van der Waals surface area contributed by atoms with E-state index < -0.39 is 0 Å². The van der Waals surface area contributed by atoms with Crippen LogP contribution in [0.3, 0.4) is 0 Å². The predicted molar refractivity (Wildman–Crippen MR) is 82.0 cm³/mol. The smallest absolute Gasteiger partial charge is 0.222 e. The van der Waals surface area contributed by atoms with Gasteiger partial charge >= 0.3 is 0 Å². The predicted octanol–water partition coefficient (Wildman–Crippen LogP) is 2.06. The van der Waals surface area contributed by atoms with Gasteiger partial charge in [-0.1, -0.05) is 0 Å². The van der Waals surface area contributed by atoms with E-state index in [0.717, 1.165) is 36.3 Å². The lowest BCUT2D eigenvalue weighted by Crippen LogP contribution is -2.29. The highest BCUT2D eigenvalue weighted by Crippen LogP contribution is 2.12. The fraction of sp³-hybridized carbons (Fsp3) is 0.438. The Balaban J connectivity index is 1.80. The van der Waals surface area contributed by atoms with Gasteiger partial charge < -0.3 is 4.90 Å². The summed E-state index contributed by atoms with van der Waals surface area (Å²) in [5.74, 6) is 0.170. The maximum absolute atomic E-state index is 12.2. The number of aryl methyl sites for hydroxylation is 2. The van der Waals surface area contributed by atoms with Gasteiger partial charge in [-0.05, 0) is 49.9 Å². The summed E-state index contributed by atoms with van der Waals surface area (Å²) in [7, 11) is 1.86. The second-order valence-electron chi connectivity index (χ2n) is 5.33. The van der Waals surface area contributed by atoms with Crippen LogP contribution >= 0.6 is 0 Å². The molecule has 2 heterocycles. The van der Waals surface area contributed by atoms with Crippen LogP contribution in [0.5, 0.6) is 0 Å². The SMILES string of the molecule is Cc1n[nH]c(C)c1CCC(=O)N(C)CCc1ccncc1. The molecule has 5 nitrogen and oxygen atoms in total. The van der Waals surface area contributed by atoms with Gasteiger partial charge in [-0.2, -0.15) is 5.10 Å². The van der Waals surface area contributed by atoms with Crippen molar-refractivity contribution < 1.29 is 4.79 Å². The van der Waals surface area contributed by atoms with Gasteiger partial charge in [-0.3, -0.25) is 14.9 Å². The molecule has 0 spiro atoms. The van der Waals surface area contributed by atoms with Gasteiger partial charge in [0.1, 0.15) is 0 Å². The number of nitrogens with one attached hydrogen (secondary N) is 1. The van der Waals surface area contributed by atoms with E-state index in [2.05, 4.69) is 15.2 Å². The first-order valence-electron chi connectivity index (χ1n) is 7.21. The van der Waals surface area contributed by atoms with Gasteiger partial charge in [0.05, 0.1) is 5.69 Å². The van der Waals surface area contributed by atoms with Crippen molar-refractivity contribution in [3.05, 3.63) is 47.0 Å². The molecule has 0 bridgehead atoms. The van der Waals surface area contributed by atoms with Gasteiger partial charge in [-0.15, -0.1) is 0 Å². The molecule has 0 unspecified atom stereocenters. The zero-order valence-corrected chi connectivity index (χ0v) is 12.9. The van der Waals surface area contributed by atoms with Crippen molar-refractivity contribution in [2.75, 3.05) is 13.6 Å². The standard InChI is InChI=1S/C16H22N4O/c1-12-15(13(2)19-18-12)4-5-16(21)20(3)11-8-14-6-9-17-10-7-14/h6-7,9-10H,4-5,8,11H2,1-3H3,(H,18,19). The second kappa shape index (κ2) is 7.02. The van der Waals surface area contributed by atoms with Crippen LogP contribution < -0.4 is 0 Å². The average molecular weight is 286 g/mol. The minimum absolute atomic E-state index is 0.170. The first-order valence-corrected chi connectivity index (χ1v) is 7.21. The molecule has 0 saturated carbocycles. The Kier molecular flexibility index (Phi) is 5.09. The molecule has 2 rings (SSSR count). The van der Waals surface area contributed by atoms with Crippen LogP contribution in [0.15, 0.2) is 24.5 Å². The summed E-state index contributed by atoms with van der Waals surface area (Å²) in [6.45, 7) is 4.69. The Morgan fingerprint density at radius 1 is 1.24 bits per heavy atom. The monoisotopic (exact) mass is 286 g/mol. The van der Waals surface area contributed by atoms with Crippen LogP contribution in [0.25, 0.3) is 0 Å². The molecule has 0 saturated heterocycles. The first kappa shape index (κ1) is 15.2. The number of aromatic nitrogens is 3. The molecular formula is C16H22N4O. The first-order chi connectivity index (χ1) is 10.1. The highest BCUT2D eigenvalue weighted by Gasteiger charge is 2.12. The molecule has 0 radical (unpaired) electrons. The second-order valence-corrected chi connectivity index (χ2v) is 5.33. The topological polar surface area (TPSA) is 61.9 Å². The molecule has 2 aromatic heterocycles. The largest absolute Gasteiger partial charge is 0.345 e. The molecule has 112 valence electrons. The number of hydrogen-bond acceptors (Lipinski definition) is 3. The summed E-state index contributed by atoms with van der Waals surface area (Å²) in [6, 6.07) is 3.97. The van der Waals surface area contributed by atoms with Crippen LogP contribution in [0.4, 0.5) is 0 Å². The average Bonchev–Trinajstić information content (AvgIpc) is 2.82. The fourth-order valence-corrected chi connectivity index (χ4v) is 2.34. The Hall–Kier alpha value is -2.17. The Morgan fingerprint density at radius 2 is 1.95 bits per heavy atom. The number of H-pyrrole nitrogens is 1. The summed E-state index contributed by atoms with van der Waals surface area (Å²) in [4.78, 5) is 18.0. The number of amides is 1. The molecule has 1 N–H and O–H groups in total. The van der Waals surface area contributed by atoms with E-state index in [-0.39, 0.29) is 5.91 Å². The molecule has 0 aliphatic heterocycles. The highest BCUT2D eigenvalue weighted by molar-refractivity contribution is 5.76. The minimum Gasteiger partial charge on any atom is -0.345 e. The van der Waals surface area contributed by atoms with E-state index in [4.69, 9.17) is 0 Å². The number of pyridine rings is 1. The number of carbonyl (C=O) groups is 1. The van der Waals surface area contributed by atoms with Crippen molar-refractivity contribution in [2.24, 2.45) is 0 Å². The molecule has 0 aliphatic carbocycles. The zero-order chi connectivity index (χ0) is 15.2. The molecule has 0 aromatic carbocycles. The Bertz CT molecular complexity index is 572. The van der Waals surface area contributed by atoms with E-state index in [1.54, 1.807) is 17.3 Å². The number of hydrogen-bond donors (Lipinski definition) is 1. The molecular weight excluding hydrogens is 264 g/mol. The summed E-state index contributed by atoms with van der Waals surface area (Å²) in [6.07, 6.45) is 5.68. The van der Waals surface area contributed by atoms with Gasteiger partial charge in [0, 0.05) is 38.1 Å². The van der Waals surface area contributed by atoms with Crippen LogP contribution in [-0.4, -0.2) is 39.6 Å². The Morgan fingerprint density at radius 3 is 2.57 bits per heavy atom. The summed E-state index contributed by atoms with van der Waals surface area (Å²) >= 11 is 0. The molecule has 0 fully saturated rings. The third-order valence-corrected chi connectivity index (χ3v) is 3.78. The lowest BCUT2D eigenvalue weighted by Gasteiger charge is -2.17. The van der Waals surface area contributed by atoms with Crippen molar-refractivity contribution in [2.45, 2.75) is 33.1 Å². The van der Waals surface area contributed by atoms with Crippen LogP contribution in [0.2, 0.25) is 0 Å². The molecule has 2 aromatic rings. The molecule has 21 heavy (non-hydrogen) atoms. The van der Waals surface area contributed by atoms with Crippen LogP contribution in [0.1, 0.15) is 28.9 Å². The van der Waals surface area contributed by atoms with E-state index >= 15 is 0 Å². The number of rotatable bonds is 6. The van der Waals surface area contributed by atoms with E-state index in [1.165, 1.54) is 5.56 Å².